The monoisotopic (exact) mass is 914 g/mol. The van der Waals surface area contributed by atoms with Gasteiger partial charge in [-0.3, -0.25) is 9.59 Å². The lowest BCUT2D eigenvalue weighted by molar-refractivity contribution is -0.275. The minimum absolute atomic E-state index is 0.00784. The second kappa shape index (κ2) is 18.2. The van der Waals surface area contributed by atoms with Gasteiger partial charge in [-0.15, -0.1) is 26.3 Å². The molecule has 0 spiro atoms. The number of halogens is 9. The van der Waals surface area contributed by atoms with Crippen molar-refractivity contribution in [2.45, 2.75) is 35.8 Å². The van der Waals surface area contributed by atoms with Crippen LogP contribution < -0.4 is 20.1 Å². The zero-order valence-corrected chi connectivity index (χ0v) is 33.5. The summed E-state index contributed by atoms with van der Waals surface area (Å²) in [7, 11) is 0. The van der Waals surface area contributed by atoms with Gasteiger partial charge in [0.2, 0.25) is 11.8 Å². The van der Waals surface area contributed by atoms with Crippen molar-refractivity contribution in [1.82, 2.24) is 0 Å². The summed E-state index contributed by atoms with van der Waals surface area (Å²) in [6, 6.07) is 40.9. The Balaban J connectivity index is 0.000000165. The third kappa shape index (κ3) is 10.8. The number of anilines is 2. The maximum absolute atomic E-state index is 13.2. The van der Waals surface area contributed by atoms with Crippen molar-refractivity contribution in [3.8, 4) is 11.5 Å². The number of ether oxygens (including phenoxy) is 2. The zero-order valence-electron chi connectivity index (χ0n) is 30.4. The first kappa shape index (κ1) is 43.1. The van der Waals surface area contributed by atoms with E-state index in [2.05, 4.69) is 36.0 Å². The van der Waals surface area contributed by atoms with Gasteiger partial charge in [0.05, 0.1) is 5.92 Å². The van der Waals surface area contributed by atoms with Gasteiger partial charge in [0.15, 0.2) is 0 Å². The molecule has 15 heteroatoms. The van der Waals surface area contributed by atoms with Crippen LogP contribution in [-0.4, -0.2) is 24.5 Å². The fraction of sp³-hybridized carbons (Fsp3) is 0.136. The van der Waals surface area contributed by atoms with Gasteiger partial charge in [-0.25, -0.2) is 0 Å². The van der Waals surface area contributed by atoms with Crippen LogP contribution in [0.3, 0.4) is 0 Å². The smallest absolute Gasteiger partial charge is 0.406 e. The maximum Gasteiger partial charge on any atom is 0.573 e. The van der Waals surface area contributed by atoms with Gasteiger partial charge in [-0.2, -0.15) is 0 Å². The molecule has 2 heterocycles. The molecule has 2 atom stereocenters. The van der Waals surface area contributed by atoms with Crippen LogP contribution in [0.4, 0.5) is 37.7 Å². The fourth-order valence-electron chi connectivity index (χ4n) is 6.84. The van der Waals surface area contributed by atoms with Gasteiger partial charge in [-0.1, -0.05) is 124 Å². The first-order valence-corrected chi connectivity index (χ1v) is 19.5. The molecule has 0 saturated carbocycles. The highest BCUT2D eigenvalue weighted by Crippen LogP contribution is 2.46. The number of para-hydroxylation sites is 2. The molecule has 8 rings (SSSR count). The van der Waals surface area contributed by atoms with E-state index in [1.807, 2.05) is 66.7 Å². The standard InChI is InChI=1S/C22H15ClF3NO2.C14H10ClNO.C8H6BrF3O/c23-16-7-4-6-15(12-16)21(18-9-1-2-10-19(18)27-20(21)28)13-14-5-3-8-17(11-14)29-22(24,25)26;15-10-5-3-4-9(8-10)13-11-6-1-2-7-12(11)16-14(13)17;9-5-6-2-1-3-7(4-6)13-8(10,11)12/h1-12H,13H2,(H,27,28);1-8,13H,(H,16,17);1-4H,5H2. The van der Waals surface area contributed by atoms with E-state index in [1.165, 1.54) is 36.4 Å². The number of alkyl halides is 7. The Labute approximate surface area is 353 Å². The van der Waals surface area contributed by atoms with Crippen LogP contribution in [-0.2, 0) is 26.8 Å². The number of carbonyl (C=O) groups is 2. The topological polar surface area (TPSA) is 76.7 Å². The average molecular weight is 917 g/mol. The number of amides is 2. The van der Waals surface area contributed by atoms with Crippen LogP contribution in [0.5, 0.6) is 11.5 Å². The van der Waals surface area contributed by atoms with Gasteiger partial charge in [0, 0.05) is 26.8 Å². The van der Waals surface area contributed by atoms with E-state index in [9.17, 15) is 35.9 Å². The number of fused-ring (bicyclic) bond motifs is 2. The summed E-state index contributed by atoms with van der Waals surface area (Å²) < 4.78 is 80.9. The van der Waals surface area contributed by atoms with Crippen molar-refractivity contribution in [3.05, 3.63) is 189 Å². The van der Waals surface area contributed by atoms with Crippen LogP contribution in [0.15, 0.2) is 146 Å². The van der Waals surface area contributed by atoms with Crippen molar-refractivity contribution < 1.29 is 45.4 Å². The number of hydrogen-bond donors (Lipinski definition) is 2. The summed E-state index contributed by atoms with van der Waals surface area (Å²) in [6.07, 6.45) is -9.27. The van der Waals surface area contributed by atoms with Gasteiger partial charge in [0.1, 0.15) is 16.9 Å². The van der Waals surface area contributed by atoms with Crippen LogP contribution in [0, 0.1) is 0 Å². The third-order valence-corrected chi connectivity index (χ3v) is 10.3. The molecule has 6 aromatic rings. The van der Waals surface area contributed by atoms with Crippen LogP contribution >= 0.6 is 39.1 Å². The fourth-order valence-corrected chi connectivity index (χ4v) is 7.58. The first-order chi connectivity index (χ1) is 28.0. The van der Waals surface area contributed by atoms with Crippen LogP contribution in [0.25, 0.3) is 0 Å². The summed E-state index contributed by atoms with van der Waals surface area (Å²) in [5.74, 6) is -1.02. The third-order valence-electron chi connectivity index (χ3n) is 9.20. The Morgan fingerprint density at radius 2 is 1.17 bits per heavy atom. The van der Waals surface area contributed by atoms with E-state index in [4.69, 9.17) is 23.2 Å². The van der Waals surface area contributed by atoms with E-state index >= 15 is 0 Å². The zero-order chi connectivity index (χ0) is 42.4. The summed E-state index contributed by atoms with van der Waals surface area (Å²) in [6.45, 7) is 0. The molecular formula is C44H31BrCl2F6N2O4. The van der Waals surface area contributed by atoms with Gasteiger partial charge < -0.3 is 20.1 Å². The number of rotatable bonds is 7. The van der Waals surface area contributed by atoms with Crippen molar-refractivity contribution in [1.29, 1.82) is 0 Å². The Morgan fingerprint density at radius 1 is 0.610 bits per heavy atom. The molecule has 2 aliphatic rings. The molecule has 2 unspecified atom stereocenters. The molecule has 304 valence electrons. The quantitative estimate of drug-likeness (QED) is 0.124. The van der Waals surface area contributed by atoms with E-state index in [0.29, 0.717) is 32.2 Å². The molecule has 2 aliphatic heterocycles. The predicted octanol–water partition coefficient (Wildman–Crippen LogP) is 12.6. The molecule has 2 N–H and O–H groups in total. The van der Waals surface area contributed by atoms with Gasteiger partial charge in [0.25, 0.3) is 0 Å². The lowest BCUT2D eigenvalue weighted by Crippen LogP contribution is -2.38. The molecule has 6 nitrogen and oxygen atoms in total. The van der Waals surface area contributed by atoms with Gasteiger partial charge in [-0.05, 0) is 100 Å². The molecule has 0 saturated heterocycles. The summed E-state index contributed by atoms with van der Waals surface area (Å²) in [4.78, 5) is 25.2. The van der Waals surface area contributed by atoms with Gasteiger partial charge >= 0.3 is 12.7 Å². The van der Waals surface area contributed by atoms with Crippen molar-refractivity contribution >= 4 is 62.3 Å². The van der Waals surface area contributed by atoms with Crippen LogP contribution in [0.2, 0.25) is 10.0 Å². The minimum Gasteiger partial charge on any atom is -0.406 e. The number of nitrogens with one attached hydrogen (secondary N) is 2. The molecule has 0 aromatic heterocycles. The van der Waals surface area contributed by atoms with Crippen molar-refractivity contribution in [2.75, 3.05) is 10.6 Å². The lowest BCUT2D eigenvalue weighted by atomic mass is 9.71. The van der Waals surface area contributed by atoms with E-state index in [-0.39, 0.29) is 35.7 Å². The SMILES string of the molecule is FC(F)(F)Oc1cccc(CBr)c1.O=C1Nc2ccccc2C1(Cc1cccc(OC(F)(F)F)c1)c1cccc(Cl)c1.O=C1Nc2ccccc2C1c1cccc(Cl)c1. The highest BCUT2D eigenvalue weighted by atomic mass is 79.9. The Bertz CT molecular complexity index is 2470. The molecule has 6 aromatic carbocycles. The number of carbonyl (C=O) groups excluding carboxylic acids is 2. The van der Waals surface area contributed by atoms with E-state index < -0.39 is 18.1 Å². The maximum atomic E-state index is 13.2. The molecule has 0 bridgehead atoms. The molecule has 0 fully saturated rings. The normalized spacial score (nSPS) is 16.6. The second-order valence-corrected chi connectivity index (χ2v) is 14.6. The highest BCUT2D eigenvalue weighted by molar-refractivity contribution is 9.08. The first-order valence-electron chi connectivity index (χ1n) is 17.6. The Morgan fingerprint density at radius 3 is 1.80 bits per heavy atom. The summed E-state index contributed by atoms with van der Waals surface area (Å²) in [5.41, 5.74) is 5.05. The number of hydrogen-bond acceptors (Lipinski definition) is 4. The molecule has 0 aliphatic carbocycles. The predicted molar refractivity (Wildman–Crippen MR) is 218 cm³/mol. The van der Waals surface area contributed by atoms with E-state index in [0.717, 1.165) is 27.9 Å². The minimum atomic E-state index is -4.79. The molecule has 59 heavy (non-hydrogen) atoms. The summed E-state index contributed by atoms with van der Waals surface area (Å²) >= 11 is 15.3. The Kier molecular flexibility index (Phi) is 13.3. The molecule has 0 radical (unpaired) electrons. The average Bonchev–Trinajstić information content (AvgIpc) is 3.67. The summed E-state index contributed by atoms with van der Waals surface area (Å²) in [5, 5.41) is 7.39. The largest absolute Gasteiger partial charge is 0.573 e. The van der Waals surface area contributed by atoms with Crippen LogP contribution in [0.1, 0.15) is 39.3 Å². The Hall–Kier alpha value is -5.50. The van der Waals surface area contributed by atoms with Crippen molar-refractivity contribution in [2.24, 2.45) is 0 Å². The van der Waals surface area contributed by atoms with E-state index in [1.54, 1.807) is 42.5 Å². The lowest BCUT2D eigenvalue weighted by Gasteiger charge is -2.29. The molecule has 2 amide bonds. The van der Waals surface area contributed by atoms with Crippen molar-refractivity contribution in [3.63, 3.8) is 0 Å². The highest BCUT2D eigenvalue weighted by Gasteiger charge is 2.48. The number of benzene rings is 6. The second-order valence-electron chi connectivity index (χ2n) is 13.2. The molecular weight excluding hydrogens is 885 g/mol.